The first-order valence-corrected chi connectivity index (χ1v) is 2.00. The SMILES string of the molecule is O=S(=O)([O-])[O-].[Al+3].[Ca+2].[K+].[Na+].[OH-]. The summed E-state index contributed by atoms with van der Waals surface area (Å²) in [5, 5.41) is 0. The van der Waals surface area contributed by atoms with Gasteiger partial charge in [-0.3, -0.25) is 8.42 Å². The first kappa shape index (κ1) is 36.8. The van der Waals surface area contributed by atoms with Gasteiger partial charge in [0.05, 0.1) is 0 Å². The third-order valence-corrected chi connectivity index (χ3v) is 0. The van der Waals surface area contributed by atoms with Gasteiger partial charge < -0.3 is 14.6 Å². The summed E-state index contributed by atoms with van der Waals surface area (Å²) in [5.41, 5.74) is 0. The second-order valence-electron chi connectivity index (χ2n) is 0.408. The minimum Gasteiger partial charge on any atom is -0.870 e. The molecule has 0 aromatic carbocycles. The molecule has 0 saturated carbocycles. The summed E-state index contributed by atoms with van der Waals surface area (Å²) in [7, 11) is -5.17. The molecule has 40 valence electrons. The second kappa shape index (κ2) is 18.9. The topological polar surface area (TPSA) is 110 Å². The van der Waals surface area contributed by atoms with Crippen LogP contribution in [0, 0.1) is 0 Å². The maximum Gasteiger partial charge on any atom is 3.00 e. The van der Waals surface area contributed by atoms with E-state index in [1.54, 1.807) is 0 Å². The molecule has 0 heterocycles. The number of hydrogen-bond acceptors (Lipinski definition) is 5. The van der Waals surface area contributed by atoms with Crippen LogP contribution in [0.5, 0.6) is 0 Å². The molecule has 0 rings (SSSR count). The molecule has 5 nitrogen and oxygen atoms in total. The van der Waals surface area contributed by atoms with Crippen molar-refractivity contribution in [2.24, 2.45) is 0 Å². The van der Waals surface area contributed by atoms with Gasteiger partial charge in [0, 0.05) is 10.4 Å². The summed E-state index contributed by atoms with van der Waals surface area (Å²) >= 11 is 0. The van der Waals surface area contributed by atoms with Gasteiger partial charge in [-0.1, -0.05) is 0 Å². The van der Waals surface area contributed by atoms with Crippen molar-refractivity contribution >= 4 is 65.5 Å². The molecule has 0 radical (unpaired) electrons. The average molecular weight is 242 g/mol. The summed E-state index contributed by atoms with van der Waals surface area (Å²) in [4.78, 5) is 0. The van der Waals surface area contributed by atoms with Crippen LogP contribution in [0.25, 0.3) is 0 Å². The monoisotopic (exact) mass is 242 g/mol. The molecule has 0 aliphatic rings. The molecule has 0 atom stereocenters. The summed E-state index contributed by atoms with van der Waals surface area (Å²) in [5.74, 6) is 0. The average Bonchev–Trinajstić information content (AvgIpc) is 0.722. The van der Waals surface area contributed by atoms with E-state index in [-0.39, 0.29) is 142 Å². The predicted molar refractivity (Wildman–Crippen MR) is 23.9 cm³/mol. The Morgan fingerprint density at radius 1 is 1.10 bits per heavy atom. The van der Waals surface area contributed by atoms with Crippen molar-refractivity contribution in [3.8, 4) is 0 Å². The van der Waals surface area contributed by atoms with E-state index in [0.717, 1.165) is 0 Å². The second-order valence-corrected chi connectivity index (χ2v) is 1.22. The molecule has 0 unspecified atom stereocenters. The van der Waals surface area contributed by atoms with Crippen molar-refractivity contribution in [2.45, 2.75) is 0 Å². The minimum absolute atomic E-state index is 0. The summed E-state index contributed by atoms with van der Waals surface area (Å²) in [6.45, 7) is 0. The van der Waals surface area contributed by atoms with Crippen LogP contribution >= 0.6 is 0 Å². The van der Waals surface area contributed by atoms with Gasteiger partial charge in [-0.05, 0) is 0 Å². The largest absolute Gasteiger partial charge is 3.00 e. The predicted octanol–water partition coefficient (Wildman–Crippen LogP) is -8.27. The minimum atomic E-state index is -5.17. The van der Waals surface area contributed by atoms with Crippen LogP contribution in [0.2, 0.25) is 0 Å². The first-order valence-electron chi connectivity index (χ1n) is 0.667. The van der Waals surface area contributed by atoms with Crippen LogP contribution in [-0.2, 0) is 10.4 Å². The smallest absolute Gasteiger partial charge is 0.870 e. The molecule has 0 fully saturated rings. The Morgan fingerprint density at radius 3 is 1.10 bits per heavy atom. The Hall–Kier alpha value is 4.26. The van der Waals surface area contributed by atoms with Crippen molar-refractivity contribution in [2.75, 3.05) is 0 Å². The third kappa shape index (κ3) is 85.7. The summed E-state index contributed by atoms with van der Waals surface area (Å²) in [6, 6.07) is 0. The molecule has 0 saturated heterocycles. The first-order chi connectivity index (χ1) is 2.00. The maximum absolute atomic E-state index is 8.52. The Morgan fingerprint density at radius 2 is 1.10 bits per heavy atom. The third-order valence-electron chi connectivity index (χ3n) is 0. The molecule has 0 aliphatic carbocycles. The molecule has 10 heavy (non-hydrogen) atoms. The van der Waals surface area contributed by atoms with E-state index in [1.807, 2.05) is 0 Å². The van der Waals surface area contributed by atoms with Crippen LogP contribution in [0.4, 0.5) is 0 Å². The summed E-state index contributed by atoms with van der Waals surface area (Å²) < 4.78 is 34.1. The molecular weight excluding hydrogens is 241 g/mol. The molecule has 0 aliphatic heterocycles. The fraction of sp³-hybridized carbons (Fsp3) is 0. The van der Waals surface area contributed by atoms with Gasteiger partial charge in [-0.15, -0.1) is 0 Å². The van der Waals surface area contributed by atoms with Crippen LogP contribution in [0.3, 0.4) is 0 Å². The quantitative estimate of drug-likeness (QED) is 0.238. The standard InChI is InChI=1S/Al.Ca.K.Na.H2O4S.H2O/c;;;;1-5(2,3)4;/h;;;;(H2,1,2,3,4);1H2/q+3;+2;2*+1;;/p-3. The van der Waals surface area contributed by atoms with Crippen molar-refractivity contribution in [3.05, 3.63) is 0 Å². The van der Waals surface area contributed by atoms with Gasteiger partial charge in [0.1, 0.15) is 0 Å². The molecule has 0 aromatic heterocycles. The van der Waals surface area contributed by atoms with Gasteiger partial charge in [0.2, 0.25) is 0 Å². The van der Waals surface area contributed by atoms with E-state index in [0.29, 0.717) is 0 Å². The van der Waals surface area contributed by atoms with Crippen molar-refractivity contribution in [1.29, 1.82) is 0 Å². The van der Waals surface area contributed by atoms with E-state index in [1.165, 1.54) is 0 Å². The van der Waals surface area contributed by atoms with Gasteiger partial charge >= 0.3 is 136 Å². The van der Waals surface area contributed by atoms with E-state index in [2.05, 4.69) is 0 Å². The summed E-state index contributed by atoms with van der Waals surface area (Å²) in [6.07, 6.45) is 0. The fourth-order valence-corrected chi connectivity index (χ4v) is 0. The van der Waals surface area contributed by atoms with E-state index in [4.69, 9.17) is 17.5 Å². The van der Waals surface area contributed by atoms with Gasteiger partial charge in [0.25, 0.3) is 0 Å². The molecule has 1 N–H and O–H groups in total. The van der Waals surface area contributed by atoms with Crippen molar-refractivity contribution in [3.63, 3.8) is 0 Å². The van der Waals surface area contributed by atoms with E-state index >= 15 is 0 Å². The molecular formula is HAlCaKNaO5S+4. The Kier molecular flexibility index (Phi) is 69.6. The molecule has 10 heteroatoms. The van der Waals surface area contributed by atoms with Crippen molar-refractivity contribution < 1.29 is 104 Å². The normalized spacial score (nSPS) is 5.80. The zero-order valence-electron chi connectivity index (χ0n) is 5.77. The van der Waals surface area contributed by atoms with Crippen LogP contribution < -0.4 is 80.9 Å². The Balaban J connectivity index is -0.00000000800. The molecule has 0 bridgehead atoms. The van der Waals surface area contributed by atoms with Crippen LogP contribution in [-0.4, -0.2) is 78.1 Å². The molecule has 0 aromatic rings. The van der Waals surface area contributed by atoms with E-state index < -0.39 is 10.4 Å². The number of hydrogen-bond donors (Lipinski definition) is 0. The zero-order chi connectivity index (χ0) is 4.50. The fourth-order valence-electron chi connectivity index (χ4n) is 0. The van der Waals surface area contributed by atoms with Gasteiger partial charge in [0.15, 0.2) is 0 Å². The van der Waals surface area contributed by atoms with Crippen molar-refractivity contribution in [1.82, 2.24) is 0 Å². The van der Waals surface area contributed by atoms with Gasteiger partial charge in [-0.25, -0.2) is 0 Å². The molecule has 0 amide bonds. The number of rotatable bonds is 0. The maximum atomic E-state index is 8.52. The molecule has 0 spiro atoms. The van der Waals surface area contributed by atoms with E-state index in [9.17, 15) is 0 Å². The Bertz CT molecular complexity index is 105. The zero-order valence-corrected chi connectivity index (χ0v) is 15.1. The van der Waals surface area contributed by atoms with Crippen LogP contribution in [0.1, 0.15) is 0 Å². The van der Waals surface area contributed by atoms with Gasteiger partial charge in [-0.2, -0.15) is 0 Å². The Labute approximate surface area is 165 Å². The van der Waals surface area contributed by atoms with Crippen LogP contribution in [0.15, 0.2) is 0 Å².